The summed E-state index contributed by atoms with van der Waals surface area (Å²) in [7, 11) is 0. The molecule has 0 amide bonds. The number of hydrogen-bond acceptors (Lipinski definition) is 1. The summed E-state index contributed by atoms with van der Waals surface area (Å²) in [5.41, 5.74) is 1.41. The molecule has 0 N–H and O–H groups in total. The highest BCUT2D eigenvalue weighted by Gasteiger charge is 2.10. The van der Waals surface area contributed by atoms with Gasteiger partial charge in [-0.25, -0.2) is 0 Å². The summed E-state index contributed by atoms with van der Waals surface area (Å²) >= 11 is 0. The van der Waals surface area contributed by atoms with Crippen molar-refractivity contribution in [2.45, 2.75) is 39.0 Å². The molecule has 1 fully saturated rings. The van der Waals surface area contributed by atoms with Gasteiger partial charge in [0.2, 0.25) is 0 Å². The molecule has 0 radical (unpaired) electrons. The van der Waals surface area contributed by atoms with Gasteiger partial charge in [-0.05, 0) is 57.3 Å². The predicted octanol–water partition coefficient (Wildman–Crippen LogP) is 3.94. The van der Waals surface area contributed by atoms with E-state index in [1.54, 1.807) is 0 Å². The second kappa shape index (κ2) is 8.35. The zero-order chi connectivity index (χ0) is 11.6. The van der Waals surface area contributed by atoms with Crippen LogP contribution in [0.4, 0.5) is 0 Å². The average molecular weight is 219 g/mol. The van der Waals surface area contributed by atoms with Crippen molar-refractivity contribution in [1.29, 1.82) is 0 Å². The number of nitrogens with zero attached hydrogens (tertiary/aromatic N) is 1. The maximum atomic E-state index is 3.77. The summed E-state index contributed by atoms with van der Waals surface area (Å²) in [4.78, 5) is 2.58. The van der Waals surface area contributed by atoms with E-state index in [0.717, 1.165) is 6.42 Å². The lowest BCUT2D eigenvalue weighted by molar-refractivity contribution is 0.334. The Kier molecular flexibility index (Phi) is 6.91. The Morgan fingerprint density at radius 2 is 2.06 bits per heavy atom. The van der Waals surface area contributed by atoms with Gasteiger partial charge in [0.25, 0.3) is 0 Å². The van der Waals surface area contributed by atoms with Crippen molar-refractivity contribution < 1.29 is 0 Å². The highest BCUT2D eigenvalue weighted by molar-refractivity contribution is 5.22. The van der Waals surface area contributed by atoms with Crippen LogP contribution in [0.2, 0.25) is 0 Å². The summed E-state index contributed by atoms with van der Waals surface area (Å²) < 4.78 is 0. The highest BCUT2D eigenvalue weighted by atomic mass is 15.1. The highest BCUT2D eigenvalue weighted by Crippen LogP contribution is 2.12. The van der Waals surface area contributed by atoms with Crippen LogP contribution in [-0.4, -0.2) is 24.5 Å². The van der Waals surface area contributed by atoms with E-state index in [2.05, 4.69) is 36.6 Å². The fourth-order valence-electron chi connectivity index (χ4n) is 2.16. The van der Waals surface area contributed by atoms with Gasteiger partial charge in [-0.15, -0.1) is 0 Å². The molecule has 1 nitrogen and oxygen atoms in total. The normalized spacial score (nSPS) is 18.4. The molecular formula is C15H25N. The molecule has 1 rings (SSSR count). The SMILES string of the molecule is C=C/C=C(\C=C/CC)CCCN1CCCC1. The predicted molar refractivity (Wildman–Crippen MR) is 72.6 cm³/mol. The minimum absolute atomic E-state index is 1.11. The molecule has 0 bridgehead atoms. The van der Waals surface area contributed by atoms with Crippen LogP contribution in [0.3, 0.4) is 0 Å². The second-order valence-electron chi connectivity index (χ2n) is 4.44. The van der Waals surface area contributed by atoms with Crippen molar-refractivity contribution in [1.82, 2.24) is 4.90 Å². The quantitative estimate of drug-likeness (QED) is 0.586. The monoisotopic (exact) mass is 219 g/mol. The molecule has 1 heteroatoms. The molecule has 0 unspecified atom stereocenters. The number of allylic oxidation sites excluding steroid dienone is 5. The van der Waals surface area contributed by atoms with E-state index in [1.165, 1.54) is 50.9 Å². The van der Waals surface area contributed by atoms with E-state index in [0.29, 0.717) is 0 Å². The third kappa shape index (κ3) is 5.32. The molecule has 16 heavy (non-hydrogen) atoms. The summed E-state index contributed by atoms with van der Waals surface area (Å²) in [6.07, 6.45) is 14.8. The van der Waals surface area contributed by atoms with Gasteiger partial charge < -0.3 is 4.90 Å². The summed E-state index contributed by atoms with van der Waals surface area (Å²) in [5, 5.41) is 0. The third-order valence-corrected chi connectivity index (χ3v) is 3.04. The lowest BCUT2D eigenvalue weighted by atomic mass is 10.1. The first-order valence-electron chi connectivity index (χ1n) is 6.57. The van der Waals surface area contributed by atoms with Crippen LogP contribution in [0.1, 0.15) is 39.0 Å². The first kappa shape index (κ1) is 13.2. The Labute approximate surface area is 101 Å². The van der Waals surface area contributed by atoms with Gasteiger partial charge in [0.1, 0.15) is 0 Å². The standard InChI is InChI=1S/C15H25N/c1-3-5-10-15(9-4-2)11-8-14-16-12-6-7-13-16/h4-5,9-10H,2-3,6-8,11-14H2,1H3/b10-5-,15-9+. The molecule has 0 aromatic heterocycles. The van der Waals surface area contributed by atoms with Crippen LogP contribution in [-0.2, 0) is 0 Å². The molecule has 0 aliphatic carbocycles. The molecule has 1 aliphatic heterocycles. The van der Waals surface area contributed by atoms with Gasteiger partial charge in [-0.1, -0.05) is 37.8 Å². The van der Waals surface area contributed by atoms with E-state index in [9.17, 15) is 0 Å². The zero-order valence-electron chi connectivity index (χ0n) is 10.6. The first-order valence-corrected chi connectivity index (χ1v) is 6.57. The molecular weight excluding hydrogens is 194 g/mol. The second-order valence-corrected chi connectivity index (χ2v) is 4.44. The molecule has 0 saturated carbocycles. The van der Waals surface area contributed by atoms with Crippen molar-refractivity contribution in [2.75, 3.05) is 19.6 Å². The summed E-state index contributed by atoms with van der Waals surface area (Å²) in [5.74, 6) is 0. The fourth-order valence-corrected chi connectivity index (χ4v) is 2.16. The van der Waals surface area contributed by atoms with Crippen LogP contribution in [0.15, 0.2) is 36.5 Å². The summed E-state index contributed by atoms with van der Waals surface area (Å²) in [6, 6.07) is 0. The van der Waals surface area contributed by atoms with Crippen LogP contribution in [0, 0.1) is 0 Å². The molecule has 90 valence electrons. The Bertz CT molecular complexity index is 244. The Hall–Kier alpha value is -0.820. The first-order chi connectivity index (χ1) is 7.86. The molecule has 0 atom stereocenters. The molecule has 0 aromatic rings. The fraction of sp³-hybridized carbons (Fsp3) is 0.600. The van der Waals surface area contributed by atoms with E-state index >= 15 is 0 Å². The smallest absolute Gasteiger partial charge is 0.00156 e. The van der Waals surface area contributed by atoms with Gasteiger partial charge in [0.05, 0.1) is 0 Å². The minimum Gasteiger partial charge on any atom is -0.303 e. The van der Waals surface area contributed by atoms with Gasteiger partial charge in [-0.2, -0.15) is 0 Å². The van der Waals surface area contributed by atoms with Crippen LogP contribution < -0.4 is 0 Å². The van der Waals surface area contributed by atoms with Crippen molar-refractivity contribution in [3.05, 3.63) is 36.5 Å². The lowest BCUT2D eigenvalue weighted by Gasteiger charge is -2.14. The molecule has 1 saturated heterocycles. The lowest BCUT2D eigenvalue weighted by Crippen LogP contribution is -2.20. The summed E-state index contributed by atoms with van der Waals surface area (Å²) in [6.45, 7) is 9.83. The average Bonchev–Trinajstić information content (AvgIpc) is 2.79. The van der Waals surface area contributed by atoms with Gasteiger partial charge in [0.15, 0.2) is 0 Å². The van der Waals surface area contributed by atoms with Crippen molar-refractivity contribution in [3.63, 3.8) is 0 Å². The molecule has 0 spiro atoms. The van der Waals surface area contributed by atoms with Crippen molar-refractivity contribution in [3.8, 4) is 0 Å². The van der Waals surface area contributed by atoms with E-state index in [1.807, 2.05) is 6.08 Å². The van der Waals surface area contributed by atoms with E-state index in [4.69, 9.17) is 0 Å². The van der Waals surface area contributed by atoms with Gasteiger partial charge in [-0.3, -0.25) is 0 Å². The van der Waals surface area contributed by atoms with Gasteiger partial charge >= 0.3 is 0 Å². The van der Waals surface area contributed by atoms with E-state index in [-0.39, 0.29) is 0 Å². The maximum Gasteiger partial charge on any atom is -0.00156 e. The molecule has 1 heterocycles. The van der Waals surface area contributed by atoms with Crippen molar-refractivity contribution in [2.24, 2.45) is 0 Å². The third-order valence-electron chi connectivity index (χ3n) is 3.04. The van der Waals surface area contributed by atoms with Crippen LogP contribution >= 0.6 is 0 Å². The largest absolute Gasteiger partial charge is 0.303 e. The number of rotatable bonds is 7. The Morgan fingerprint density at radius 3 is 2.69 bits per heavy atom. The zero-order valence-corrected chi connectivity index (χ0v) is 10.6. The number of hydrogen-bond donors (Lipinski definition) is 0. The Balaban J connectivity index is 2.23. The van der Waals surface area contributed by atoms with Crippen LogP contribution in [0.5, 0.6) is 0 Å². The van der Waals surface area contributed by atoms with Gasteiger partial charge in [0, 0.05) is 0 Å². The van der Waals surface area contributed by atoms with Crippen LogP contribution in [0.25, 0.3) is 0 Å². The van der Waals surface area contributed by atoms with Crippen molar-refractivity contribution >= 4 is 0 Å². The van der Waals surface area contributed by atoms with E-state index < -0.39 is 0 Å². The molecule has 0 aromatic carbocycles. The topological polar surface area (TPSA) is 3.24 Å². The molecule has 1 aliphatic rings. The number of likely N-dealkylation sites (tertiary alicyclic amines) is 1. The minimum atomic E-state index is 1.11. The Morgan fingerprint density at radius 1 is 1.31 bits per heavy atom. The maximum absolute atomic E-state index is 3.77.